The molecule has 1 N–H and O–H groups in total. The van der Waals surface area contributed by atoms with Gasteiger partial charge in [-0.05, 0) is 37.4 Å². The summed E-state index contributed by atoms with van der Waals surface area (Å²) in [5.41, 5.74) is 1.96. The molecule has 90 valence electrons. The molecule has 1 atom stereocenters. The highest BCUT2D eigenvalue weighted by Crippen LogP contribution is 2.22. The summed E-state index contributed by atoms with van der Waals surface area (Å²) < 4.78 is 13.6. The number of hydrogen-bond acceptors (Lipinski definition) is 1. The minimum atomic E-state index is -0.0809. The highest BCUT2D eigenvalue weighted by Gasteiger charge is 2.10. The number of rotatable bonds is 5. The van der Waals surface area contributed by atoms with E-state index in [9.17, 15) is 4.39 Å². The molecule has 2 heteroatoms. The Hall–Kier alpha value is -0.890. The molecular weight excluding hydrogens is 201 g/mol. The lowest BCUT2D eigenvalue weighted by Crippen LogP contribution is -2.24. The summed E-state index contributed by atoms with van der Waals surface area (Å²) in [5.74, 6) is 0.189. The van der Waals surface area contributed by atoms with Crippen molar-refractivity contribution in [2.45, 2.75) is 46.1 Å². The molecule has 1 aromatic rings. The first-order chi connectivity index (χ1) is 7.50. The zero-order valence-corrected chi connectivity index (χ0v) is 10.7. The standard InChI is InChI=1S/C14H22FN/c1-10(2)16-8-7-12(4)13-9-11(3)5-6-14(13)15/h5-6,9-10,12,16H,7-8H2,1-4H3. The lowest BCUT2D eigenvalue weighted by molar-refractivity contribution is 0.523. The SMILES string of the molecule is Cc1ccc(F)c(C(C)CCNC(C)C)c1. The van der Waals surface area contributed by atoms with E-state index in [1.165, 1.54) is 0 Å². The van der Waals surface area contributed by atoms with Gasteiger partial charge in [-0.15, -0.1) is 0 Å². The van der Waals surface area contributed by atoms with E-state index in [-0.39, 0.29) is 11.7 Å². The van der Waals surface area contributed by atoms with Gasteiger partial charge in [0.15, 0.2) is 0 Å². The molecule has 0 fully saturated rings. The van der Waals surface area contributed by atoms with Crippen molar-refractivity contribution in [2.75, 3.05) is 6.54 Å². The summed E-state index contributed by atoms with van der Waals surface area (Å²) in [6, 6.07) is 5.83. The van der Waals surface area contributed by atoms with Crippen LogP contribution >= 0.6 is 0 Å². The van der Waals surface area contributed by atoms with E-state index >= 15 is 0 Å². The van der Waals surface area contributed by atoms with Crippen molar-refractivity contribution >= 4 is 0 Å². The molecule has 0 saturated carbocycles. The fraction of sp³-hybridized carbons (Fsp3) is 0.571. The van der Waals surface area contributed by atoms with Gasteiger partial charge in [0.1, 0.15) is 5.82 Å². The Kier molecular flexibility index (Phi) is 4.94. The van der Waals surface area contributed by atoms with E-state index in [1.54, 1.807) is 6.07 Å². The first-order valence-corrected chi connectivity index (χ1v) is 6.00. The quantitative estimate of drug-likeness (QED) is 0.804. The fourth-order valence-electron chi connectivity index (χ4n) is 1.78. The van der Waals surface area contributed by atoms with Gasteiger partial charge in [-0.25, -0.2) is 4.39 Å². The zero-order valence-electron chi connectivity index (χ0n) is 10.7. The minimum absolute atomic E-state index is 0.0809. The molecule has 0 amide bonds. The van der Waals surface area contributed by atoms with Crippen LogP contribution in [0.1, 0.15) is 44.2 Å². The van der Waals surface area contributed by atoms with Crippen molar-refractivity contribution in [2.24, 2.45) is 0 Å². The van der Waals surface area contributed by atoms with Gasteiger partial charge in [-0.1, -0.05) is 38.5 Å². The van der Waals surface area contributed by atoms with Crippen LogP contribution in [0.3, 0.4) is 0 Å². The zero-order chi connectivity index (χ0) is 12.1. The van der Waals surface area contributed by atoms with Gasteiger partial charge in [-0.2, -0.15) is 0 Å². The third-order valence-electron chi connectivity index (χ3n) is 2.81. The molecule has 0 radical (unpaired) electrons. The molecule has 0 spiro atoms. The molecule has 0 heterocycles. The second-order valence-electron chi connectivity index (χ2n) is 4.82. The van der Waals surface area contributed by atoms with Crippen molar-refractivity contribution in [3.63, 3.8) is 0 Å². The molecule has 1 aromatic carbocycles. The molecule has 1 unspecified atom stereocenters. The largest absolute Gasteiger partial charge is 0.315 e. The van der Waals surface area contributed by atoms with Crippen LogP contribution in [0.25, 0.3) is 0 Å². The van der Waals surface area contributed by atoms with Gasteiger partial charge in [-0.3, -0.25) is 0 Å². The second-order valence-corrected chi connectivity index (χ2v) is 4.82. The minimum Gasteiger partial charge on any atom is -0.315 e. The van der Waals surface area contributed by atoms with Crippen molar-refractivity contribution in [3.05, 3.63) is 35.1 Å². The van der Waals surface area contributed by atoms with Crippen molar-refractivity contribution in [1.29, 1.82) is 0 Å². The molecule has 0 bridgehead atoms. The Bertz CT molecular complexity index is 334. The Morgan fingerprint density at radius 2 is 1.94 bits per heavy atom. The Balaban J connectivity index is 2.58. The number of aryl methyl sites for hydroxylation is 1. The van der Waals surface area contributed by atoms with Crippen molar-refractivity contribution in [3.8, 4) is 0 Å². The van der Waals surface area contributed by atoms with Gasteiger partial charge in [0.25, 0.3) is 0 Å². The predicted molar refractivity (Wildman–Crippen MR) is 67.3 cm³/mol. The number of nitrogens with one attached hydrogen (secondary N) is 1. The first-order valence-electron chi connectivity index (χ1n) is 6.00. The maximum atomic E-state index is 13.6. The molecule has 0 aliphatic carbocycles. The van der Waals surface area contributed by atoms with Gasteiger partial charge >= 0.3 is 0 Å². The van der Waals surface area contributed by atoms with Crippen LogP contribution in [0.2, 0.25) is 0 Å². The molecule has 0 saturated heterocycles. The van der Waals surface area contributed by atoms with Crippen LogP contribution < -0.4 is 5.32 Å². The Labute approximate surface area is 98.1 Å². The molecule has 1 rings (SSSR count). The van der Waals surface area contributed by atoms with E-state index in [2.05, 4.69) is 26.1 Å². The van der Waals surface area contributed by atoms with Crippen molar-refractivity contribution < 1.29 is 4.39 Å². The normalized spacial score (nSPS) is 13.1. The van der Waals surface area contributed by atoms with Crippen molar-refractivity contribution in [1.82, 2.24) is 5.32 Å². The third-order valence-corrected chi connectivity index (χ3v) is 2.81. The monoisotopic (exact) mass is 223 g/mol. The van der Waals surface area contributed by atoms with Crippen LogP contribution in [0.5, 0.6) is 0 Å². The van der Waals surface area contributed by atoms with E-state index in [4.69, 9.17) is 0 Å². The molecule has 0 aromatic heterocycles. The topological polar surface area (TPSA) is 12.0 Å². The Morgan fingerprint density at radius 1 is 1.25 bits per heavy atom. The first kappa shape index (κ1) is 13.2. The Morgan fingerprint density at radius 3 is 2.56 bits per heavy atom. The van der Waals surface area contributed by atoms with Crippen LogP contribution in [0.4, 0.5) is 4.39 Å². The highest BCUT2D eigenvalue weighted by atomic mass is 19.1. The van der Waals surface area contributed by atoms with Crippen LogP contribution in [0, 0.1) is 12.7 Å². The van der Waals surface area contributed by atoms with Crippen LogP contribution in [0.15, 0.2) is 18.2 Å². The summed E-state index contributed by atoms with van der Waals surface area (Å²) in [6.07, 6.45) is 0.971. The fourth-order valence-corrected chi connectivity index (χ4v) is 1.78. The third kappa shape index (κ3) is 3.93. The highest BCUT2D eigenvalue weighted by molar-refractivity contribution is 5.26. The van der Waals surface area contributed by atoms with Crippen LogP contribution in [-0.2, 0) is 0 Å². The van der Waals surface area contributed by atoms with E-state index in [1.807, 2.05) is 19.1 Å². The molecular formula is C14H22FN. The van der Waals surface area contributed by atoms with E-state index in [0.29, 0.717) is 6.04 Å². The average molecular weight is 223 g/mol. The van der Waals surface area contributed by atoms with Gasteiger partial charge < -0.3 is 5.32 Å². The molecule has 0 aliphatic rings. The number of halogens is 1. The van der Waals surface area contributed by atoms with E-state index < -0.39 is 0 Å². The molecule has 16 heavy (non-hydrogen) atoms. The van der Waals surface area contributed by atoms with Crippen LogP contribution in [-0.4, -0.2) is 12.6 Å². The predicted octanol–water partition coefficient (Wildman–Crippen LogP) is 3.63. The van der Waals surface area contributed by atoms with Gasteiger partial charge in [0.05, 0.1) is 0 Å². The lowest BCUT2D eigenvalue weighted by Gasteiger charge is -2.15. The molecule has 0 aliphatic heterocycles. The van der Waals surface area contributed by atoms with E-state index in [0.717, 1.165) is 24.1 Å². The number of hydrogen-bond donors (Lipinski definition) is 1. The average Bonchev–Trinajstić information content (AvgIpc) is 2.21. The maximum Gasteiger partial charge on any atom is 0.126 e. The smallest absolute Gasteiger partial charge is 0.126 e. The van der Waals surface area contributed by atoms with Gasteiger partial charge in [0.2, 0.25) is 0 Å². The summed E-state index contributed by atoms with van der Waals surface area (Å²) in [7, 11) is 0. The van der Waals surface area contributed by atoms with Gasteiger partial charge in [0, 0.05) is 6.04 Å². The summed E-state index contributed by atoms with van der Waals surface area (Å²) in [4.78, 5) is 0. The maximum absolute atomic E-state index is 13.6. The summed E-state index contributed by atoms with van der Waals surface area (Å²) in [6.45, 7) is 9.27. The number of benzene rings is 1. The molecule has 1 nitrogen and oxygen atoms in total. The lowest BCUT2D eigenvalue weighted by atomic mass is 9.95. The summed E-state index contributed by atoms with van der Waals surface area (Å²) >= 11 is 0. The summed E-state index contributed by atoms with van der Waals surface area (Å²) in [5, 5.41) is 3.36. The second kappa shape index (κ2) is 6.00.